The topological polar surface area (TPSA) is 95.6 Å². The zero-order chi connectivity index (χ0) is 19.6. The first-order valence-corrected chi connectivity index (χ1v) is 9.44. The third-order valence-electron chi connectivity index (χ3n) is 5.61. The summed E-state index contributed by atoms with van der Waals surface area (Å²) < 4.78 is 0. The fourth-order valence-electron chi connectivity index (χ4n) is 3.86. The first-order valence-electron chi connectivity index (χ1n) is 9.44. The molecule has 1 aromatic rings. The van der Waals surface area contributed by atoms with Crippen LogP contribution in [0.15, 0.2) is 24.3 Å². The van der Waals surface area contributed by atoms with E-state index in [0.29, 0.717) is 24.1 Å². The van der Waals surface area contributed by atoms with Crippen LogP contribution in [0.25, 0.3) is 0 Å². The average Bonchev–Trinajstić information content (AvgIpc) is 2.89. The molecule has 1 heterocycles. The lowest BCUT2D eigenvalue weighted by Gasteiger charge is -2.36. The summed E-state index contributed by atoms with van der Waals surface area (Å²) in [6, 6.07) is 5.96. The molecule has 7 heteroatoms. The number of nitrogens with one attached hydrogen (secondary N) is 2. The van der Waals surface area contributed by atoms with Crippen LogP contribution in [-0.2, 0) is 9.59 Å². The van der Waals surface area contributed by atoms with E-state index < -0.39 is 11.6 Å². The predicted molar refractivity (Wildman–Crippen MR) is 100 cm³/mol. The number of carbonyl (C=O) groups is 4. The maximum Gasteiger partial charge on any atom is 0.325 e. The van der Waals surface area contributed by atoms with Gasteiger partial charge in [-0.25, -0.2) is 4.79 Å². The van der Waals surface area contributed by atoms with Gasteiger partial charge in [-0.15, -0.1) is 0 Å². The van der Waals surface area contributed by atoms with E-state index in [1.807, 2.05) is 6.92 Å². The van der Waals surface area contributed by atoms with E-state index in [1.54, 1.807) is 31.2 Å². The smallest absolute Gasteiger partial charge is 0.325 e. The summed E-state index contributed by atoms with van der Waals surface area (Å²) in [5.41, 5.74) is 0.135. The minimum atomic E-state index is -0.857. The number of carbonyl (C=O) groups excluding carboxylic acids is 4. The summed E-state index contributed by atoms with van der Waals surface area (Å²) in [7, 11) is 0. The zero-order valence-corrected chi connectivity index (χ0v) is 15.7. The van der Waals surface area contributed by atoms with E-state index in [0.717, 1.165) is 24.2 Å². The highest BCUT2D eigenvalue weighted by Crippen LogP contribution is 2.38. The minimum Gasteiger partial charge on any atom is -0.326 e. The molecular weight excluding hydrogens is 346 g/mol. The van der Waals surface area contributed by atoms with Gasteiger partial charge in [0.25, 0.3) is 5.91 Å². The quantitative estimate of drug-likeness (QED) is 0.614. The van der Waals surface area contributed by atoms with E-state index in [9.17, 15) is 19.2 Å². The Bertz CT molecular complexity index is 774. The van der Waals surface area contributed by atoms with Gasteiger partial charge in [-0.1, -0.05) is 26.7 Å². The maximum absolute atomic E-state index is 12.9. The Kier molecular flexibility index (Phi) is 5.30. The SMILES string of the molecule is CCC(=O)Nc1ccc(C(=O)CN2C(=O)NC3(CCCCC3C)C2=O)cc1. The second-order valence-corrected chi connectivity index (χ2v) is 7.34. The number of imide groups is 1. The number of benzene rings is 1. The number of ketones is 1. The third kappa shape index (κ3) is 3.59. The lowest BCUT2D eigenvalue weighted by molar-refractivity contribution is -0.133. The lowest BCUT2D eigenvalue weighted by atomic mass is 9.73. The Morgan fingerprint density at radius 3 is 2.56 bits per heavy atom. The number of Topliss-reactive ketones (excluding diaryl/α,β-unsaturated/α-hetero) is 1. The van der Waals surface area contributed by atoms with E-state index in [-0.39, 0.29) is 30.1 Å². The Hall–Kier alpha value is -2.70. The molecule has 27 heavy (non-hydrogen) atoms. The molecule has 2 N–H and O–H groups in total. The van der Waals surface area contributed by atoms with Gasteiger partial charge < -0.3 is 10.6 Å². The standard InChI is InChI=1S/C20H25N3O4/c1-3-17(25)21-15-9-7-14(8-10-15)16(24)12-23-18(26)20(22-19(23)27)11-5-4-6-13(20)2/h7-10,13H,3-6,11-12H2,1-2H3,(H,21,25)(H,22,27). The molecule has 144 valence electrons. The van der Waals surface area contributed by atoms with Crippen molar-refractivity contribution < 1.29 is 19.2 Å². The molecule has 1 aromatic carbocycles. The van der Waals surface area contributed by atoms with Gasteiger partial charge in [-0.05, 0) is 43.0 Å². The Morgan fingerprint density at radius 2 is 1.93 bits per heavy atom. The van der Waals surface area contributed by atoms with Gasteiger partial charge in [0, 0.05) is 17.7 Å². The van der Waals surface area contributed by atoms with Crippen molar-refractivity contribution in [2.75, 3.05) is 11.9 Å². The molecule has 3 rings (SSSR count). The Morgan fingerprint density at radius 1 is 1.22 bits per heavy atom. The molecular formula is C20H25N3O4. The van der Waals surface area contributed by atoms with Gasteiger partial charge in [0.1, 0.15) is 5.54 Å². The first kappa shape index (κ1) is 19.1. The Labute approximate surface area is 158 Å². The Balaban J connectivity index is 1.69. The van der Waals surface area contributed by atoms with E-state index in [4.69, 9.17) is 0 Å². The second-order valence-electron chi connectivity index (χ2n) is 7.34. The molecule has 1 saturated heterocycles. The van der Waals surface area contributed by atoms with Crippen LogP contribution in [0.4, 0.5) is 10.5 Å². The monoisotopic (exact) mass is 371 g/mol. The summed E-state index contributed by atoms with van der Waals surface area (Å²) in [4.78, 5) is 50.3. The van der Waals surface area contributed by atoms with Crippen LogP contribution in [0.3, 0.4) is 0 Å². The second kappa shape index (κ2) is 7.50. The summed E-state index contributed by atoms with van der Waals surface area (Å²) in [5.74, 6) is -0.656. The van der Waals surface area contributed by atoms with Crippen LogP contribution in [0.2, 0.25) is 0 Å². The van der Waals surface area contributed by atoms with E-state index in [1.165, 1.54) is 0 Å². The number of hydrogen-bond donors (Lipinski definition) is 2. The fraction of sp³-hybridized carbons (Fsp3) is 0.500. The molecule has 2 fully saturated rings. The molecule has 2 atom stereocenters. The molecule has 0 radical (unpaired) electrons. The van der Waals surface area contributed by atoms with Crippen molar-refractivity contribution in [3.8, 4) is 0 Å². The summed E-state index contributed by atoms with van der Waals surface area (Å²) >= 11 is 0. The molecule has 2 unspecified atom stereocenters. The van der Waals surface area contributed by atoms with Gasteiger partial charge in [-0.3, -0.25) is 19.3 Å². The highest BCUT2D eigenvalue weighted by molar-refractivity contribution is 6.11. The number of rotatable bonds is 5. The molecule has 1 aliphatic carbocycles. The van der Waals surface area contributed by atoms with E-state index in [2.05, 4.69) is 10.6 Å². The molecule has 7 nitrogen and oxygen atoms in total. The summed E-state index contributed by atoms with van der Waals surface area (Å²) in [6.07, 6.45) is 3.82. The van der Waals surface area contributed by atoms with Crippen LogP contribution in [0.5, 0.6) is 0 Å². The number of anilines is 1. The number of hydrogen-bond acceptors (Lipinski definition) is 4. The third-order valence-corrected chi connectivity index (χ3v) is 5.61. The van der Waals surface area contributed by atoms with Crippen LogP contribution in [0.1, 0.15) is 56.3 Å². The molecule has 0 aromatic heterocycles. The van der Waals surface area contributed by atoms with Crippen molar-refractivity contribution in [2.24, 2.45) is 5.92 Å². The number of amides is 4. The zero-order valence-electron chi connectivity index (χ0n) is 15.7. The fourth-order valence-corrected chi connectivity index (χ4v) is 3.86. The molecule has 0 bridgehead atoms. The highest BCUT2D eigenvalue weighted by Gasteiger charge is 2.55. The first-order chi connectivity index (χ1) is 12.9. The van der Waals surface area contributed by atoms with Crippen molar-refractivity contribution in [3.63, 3.8) is 0 Å². The van der Waals surface area contributed by atoms with Gasteiger partial charge in [0.2, 0.25) is 5.91 Å². The largest absolute Gasteiger partial charge is 0.326 e. The number of urea groups is 1. The molecule has 1 saturated carbocycles. The highest BCUT2D eigenvalue weighted by atomic mass is 16.2. The van der Waals surface area contributed by atoms with Crippen LogP contribution in [-0.4, -0.2) is 40.6 Å². The molecule has 2 aliphatic rings. The van der Waals surface area contributed by atoms with E-state index >= 15 is 0 Å². The average molecular weight is 371 g/mol. The van der Waals surface area contributed by atoms with Crippen molar-refractivity contribution in [1.82, 2.24) is 10.2 Å². The van der Waals surface area contributed by atoms with Gasteiger partial charge >= 0.3 is 6.03 Å². The van der Waals surface area contributed by atoms with Crippen LogP contribution in [0, 0.1) is 5.92 Å². The molecule has 1 aliphatic heterocycles. The normalized spacial score (nSPS) is 24.8. The van der Waals surface area contributed by atoms with Gasteiger partial charge in [0.05, 0.1) is 6.54 Å². The van der Waals surface area contributed by atoms with Gasteiger partial charge in [-0.2, -0.15) is 0 Å². The lowest BCUT2D eigenvalue weighted by Crippen LogP contribution is -2.54. The van der Waals surface area contributed by atoms with Crippen molar-refractivity contribution in [2.45, 2.75) is 51.5 Å². The van der Waals surface area contributed by atoms with Crippen LogP contribution >= 0.6 is 0 Å². The molecule has 4 amide bonds. The predicted octanol–water partition coefficient (Wildman–Crippen LogP) is 2.72. The summed E-state index contributed by atoms with van der Waals surface area (Å²) in [5, 5.41) is 5.56. The van der Waals surface area contributed by atoms with Crippen molar-refractivity contribution >= 4 is 29.3 Å². The maximum atomic E-state index is 12.9. The van der Waals surface area contributed by atoms with Gasteiger partial charge in [0.15, 0.2) is 5.78 Å². The minimum absolute atomic E-state index is 0.0595. The van der Waals surface area contributed by atoms with Crippen molar-refractivity contribution in [3.05, 3.63) is 29.8 Å². The van der Waals surface area contributed by atoms with Crippen LogP contribution < -0.4 is 10.6 Å². The molecule has 1 spiro atoms. The number of nitrogens with zero attached hydrogens (tertiary/aromatic N) is 1. The summed E-state index contributed by atoms with van der Waals surface area (Å²) in [6.45, 7) is 3.46. The van der Waals surface area contributed by atoms with Crippen molar-refractivity contribution in [1.29, 1.82) is 0 Å².